The first-order chi connectivity index (χ1) is 64.4. The number of aromatic amines is 2. The van der Waals surface area contributed by atoms with Crippen LogP contribution < -0.4 is 18.9 Å². The lowest BCUT2D eigenvalue weighted by molar-refractivity contribution is 0.0477. The molecule has 690 valence electrons. The van der Waals surface area contributed by atoms with Crippen molar-refractivity contribution in [1.82, 2.24) is 39.9 Å². The molecule has 11 aromatic rings. The molecule has 0 atom stereocenters. The number of nitrogens with zero attached hydrogens (tertiary/aromatic N) is 6. The average molecular weight is 1800 g/mol. The molecular weight excluding hydrogens is 1680 g/mol. The van der Waals surface area contributed by atoms with Crippen molar-refractivity contribution in [3.63, 3.8) is 0 Å². The van der Waals surface area contributed by atoms with E-state index in [2.05, 4.69) is 9.97 Å². The maximum atomic E-state index is 14.1. The highest BCUT2D eigenvalue weighted by molar-refractivity contribution is 6.11. The number of benzene rings is 8. The summed E-state index contributed by atoms with van der Waals surface area (Å²) in [6, 6.07) is 38.3. The fourth-order valence-corrected chi connectivity index (χ4v) is 15.1. The number of ether oxygens (including phenoxy) is 12. The smallest absolute Gasteiger partial charge is 0.338 e. The number of hydrogen-bond donors (Lipinski definition) is 2. The summed E-state index contributed by atoms with van der Waals surface area (Å²) >= 11 is 0. The molecule has 0 spiro atoms. The lowest BCUT2D eigenvalue weighted by Crippen LogP contribution is -2.11. The van der Waals surface area contributed by atoms with Crippen LogP contribution in [0.1, 0.15) is 292 Å². The zero-order valence-electron chi connectivity index (χ0n) is 76.3. The molecule has 8 aromatic carbocycles. The molecule has 0 aliphatic carbocycles. The lowest BCUT2D eigenvalue weighted by atomic mass is 10.1. The SMILES string of the molecule is CCCCCOC(=O)c1cc(Oc2cccc3c2-c2nc-3nc3[nH]c(nc4nc(nc5[nH]c(n2)c2c(Oc6cc(C(=O)OCCCCC)cc(C(=O)OCCCCC)c6)cccc52)-c2cccc(Oc5cc(C(=O)OCCCCC)cc(C(=O)OCCCCC)c5)c2-4)c2c(Oc4cc(C(=O)OCCCCC)cc(C(=O)OCCCCC)c4)cccc32)cc(C(=O)OCCCCC)c1. The number of fused-ring (bicyclic) bond motifs is 20. The third-order valence-corrected chi connectivity index (χ3v) is 22.1. The van der Waals surface area contributed by atoms with Crippen LogP contribution in [0.5, 0.6) is 46.0 Å². The minimum Gasteiger partial charge on any atom is -0.462 e. The van der Waals surface area contributed by atoms with Gasteiger partial charge < -0.3 is 66.8 Å². The Morgan fingerprint density at radius 2 is 0.447 bits per heavy atom. The van der Waals surface area contributed by atoms with Crippen LogP contribution in [0.25, 0.3) is 89.7 Å². The molecule has 2 aliphatic heterocycles. The van der Waals surface area contributed by atoms with Gasteiger partial charge in [-0.15, -0.1) is 0 Å². The van der Waals surface area contributed by atoms with Gasteiger partial charge in [-0.05, 0) is 148 Å². The number of carbonyl (C=O) groups excluding carboxylic acids is 8. The molecule has 132 heavy (non-hydrogen) atoms. The van der Waals surface area contributed by atoms with E-state index >= 15 is 0 Å². The molecule has 3 aromatic heterocycles. The molecule has 2 N–H and O–H groups in total. The zero-order chi connectivity index (χ0) is 92.8. The highest BCUT2D eigenvalue weighted by Crippen LogP contribution is 2.47. The summed E-state index contributed by atoms with van der Waals surface area (Å²) in [6.45, 7) is 17.4. The lowest BCUT2D eigenvalue weighted by Gasteiger charge is -2.13. The number of esters is 8. The van der Waals surface area contributed by atoms with E-state index in [-0.39, 0.29) is 200 Å². The Bertz CT molecular complexity index is 5640. The Labute approximate surface area is 766 Å². The van der Waals surface area contributed by atoms with Crippen molar-refractivity contribution in [2.24, 2.45) is 0 Å². The van der Waals surface area contributed by atoms with Gasteiger partial charge in [0.1, 0.15) is 68.6 Å². The van der Waals surface area contributed by atoms with Gasteiger partial charge in [0, 0.05) is 21.9 Å². The van der Waals surface area contributed by atoms with Gasteiger partial charge in [-0.1, -0.05) is 207 Å². The minimum atomic E-state index is -0.691. The number of aromatic nitrogens is 8. The molecular formula is C104H114N8O20. The Morgan fingerprint density at radius 1 is 0.235 bits per heavy atom. The molecule has 0 amide bonds. The van der Waals surface area contributed by atoms with Gasteiger partial charge in [0.05, 0.1) is 119 Å². The molecule has 28 nitrogen and oxygen atoms in total. The average Bonchev–Trinajstić information content (AvgIpc) is 1.58. The molecule has 8 bridgehead atoms. The molecule has 0 saturated carbocycles. The number of rotatable bonds is 48. The number of H-pyrrole nitrogens is 2. The van der Waals surface area contributed by atoms with E-state index in [0.29, 0.717) is 84.0 Å². The van der Waals surface area contributed by atoms with Crippen molar-refractivity contribution >= 4 is 91.9 Å². The molecule has 0 fully saturated rings. The summed E-state index contributed by atoms with van der Waals surface area (Å²) < 4.78 is 74.3. The molecule has 0 unspecified atom stereocenters. The van der Waals surface area contributed by atoms with Crippen molar-refractivity contribution in [3.05, 3.63) is 190 Å². The van der Waals surface area contributed by atoms with Crippen LogP contribution >= 0.6 is 0 Å². The first-order valence-electron chi connectivity index (χ1n) is 46.5. The van der Waals surface area contributed by atoms with Crippen LogP contribution in [0, 0.1) is 0 Å². The highest BCUT2D eigenvalue weighted by Gasteiger charge is 2.31. The van der Waals surface area contributed by atoms with E-state index in [1.807, 2.05) is 55.4 Å². The highest BCUT2D eigenvalue weighted by atomic mass is 16.6. The Balaban J connectivity index is 1.08. The molecule has 0 saturated heterocycles. The van der Waals surface area contributed by atoms with Gasteiger partial charge >= 0.3 is 47.8 Å². The molecule has 2 aliphatic rings. The summed E-state index contributed by atoms with van der Waals surface area (Å²) in [4.78, 5) is 153. The normalized spacial score (nSPS) is 11.3. The van der Waals surface area contributed by atoms with Gasteiger partial charge in [0.2, 0.25) is 0 Å². The topological polar surface area (TPSA) is 356 Å². The summed E-state index contributed by atoms with van der Waals surface area (Å²) in [5.74, 6) is -4.69. The summed E-state index contributed by atoms with van der Waals surface area (Å²) in [7, 11) is 0. The minimum absolute atomic E-state index is 0.00474. The second kappa shape index (κ2) is 47.6. The monoisotopic (exact) mass is 1790 g/mol. The van der Waals surface area contributed by atoms with Gasteiger partial charge in [-0.2, -0.15) is 0 Å². The van der Waals surface area contributed by atoms with Gasteiger partial charge in [0.25, 0.3) is 0 Å². The van der Waals surface area contributed by atoms with Gasteiger partial charge in [0.15, 0.2) is 23.3 Å². The molecule has 13 rings (SSSR count). The van der Waals surface area contributed by atoms with E-state index in [1.54, 1.807) is 72.8 Å². The maximum absolute atomic E-state index is 14.1. The standard InChI is InChI=1S/C104H114N8O20/c1-9-17-25-45-121-97(113)65-53-66(98(114)122-46-26-18-10-2)58-73(57-65)129-81-41-33-37-77-85(81)93-107-89(77)105-90-79-39-35-43-83(131-75-61-69(101(117)125-49-29-21-13-5)55-70(62-75)102(118)126-50-30-22-14-6)87(79)95(109-90)112-96-88-80(40-36-44-84(88)132-76-63-71(103(119)127-51-31-23-15-7)56-72(64-76)104(120)128-52-32-24-16-8)92(110-96)106-91-78-38-34-42-82(86(78)94(108-91)111-93)130-74-59-67(99(115)123-47-27-19-11-3)54-68(60-74)100(116)124-48-28-20-12-4/h33-44,53-64H,9-32,45-52H2,1-8H3,(H2,105,106,107,108,109,110,111,112). The van der Waals surface area contributed by atoms with E-state index in [9.17, 15) is 38.4 Å². The van der Waals surface area contributed by atoms with Crippen molar-refractivity contribution in [3.8, 4) is 91.5 Å². The van der Waals surface area contributed by atoms with E-state index < -0.39 is 47.8 Å². The van der Waals surface area contributed by atoms with Crippen molar-refractivity contribution in [1.29, 1.82) is 0 Å². The number of carbonyl (C=O) groups is 8. The molecule has 28 heteroatoms. The molecule has 0 radical (unpaired) electrons. The van der Waals surface area contributed by atoms with Crippen molar-refractivity contribution < 1.29 is 95.2 Å². The van der Waals surface area contributed by atoms with Crippen LogP contribution in [0.15, 0.2) is 146 Å². The van der Waals surface area contributed by atoms with Crippen LogP contribution in [-0.4, -0.2) is 140 Å². The van der Waals surface area contributed by atoms with Crippen LogP contribution in [0.4, 0.5) is 0 Å². The second-order valence-corrected chi connectivity index (χ2v) is 32.5. The summed E-state index contributed by atoms with van der Waals surface area (Å²) in [5.41, 5.74) is 1.91. The van der Waals surface area contributed by atoms with Gasteiger partial charge in [-0.25, -0.2) is 68.3 Å². The zero-order valence-corrected chi connectivity index (χ0v) is 76.3. The fraction of sp³-hybridized carbons (Fsp3) is 0.385. The molecule has 5 heterocycles. The van der Waals surface area contributed by atoms with E-state index in [1.165, 1.54) is 72.8 Å². The largest absolute Gasteiger partial charge is 0.462 e. The first-order valence-corrected chi connectivity index (χ1v) is 46.5. The first kappa shape index (κ1) is 95.7. The van der Waals surface area contributed by atoms with Gasteiger partial charge in [-0.3, -0.25) is 0 Å². The number of unbranched alkanes of at least 4 members (excludes halogenated alkanes) is 16. The second-order valence-electron chi connectivity index (χ2n) is 32.5. The van der Waals surface area contributed by atoms with Crippen LogP contribution in [0.2, 0.25) is 0 Å². The predicted molar refractivity (Wildman–Crippen MR) is 501 cm³/mol. The predicted octanol–water partition coefficient (Wildman–Crippen LogP) is 24.8. The number of hydrogen-bond acceptors (Lipinski definition) is 26. The van der Waals surface area contributed by atoms with Crippen molar-refractivity contribution in [2.45, 2.75) is 209 Å². The number of nitrogens with one attached hydrogen (secondary N) is 2. The van der Waals surface area contributed by atoms with E-state index in [4.69, 9.17) is 86.7 Å². The maximum Gasteiger partial charge on any atom is 0.338 e. The summed E-state index contributed by atoms with van der Waals surface area (Å²) in [5, 5.41) is 1.37. The third-order valence-electron chi connectivity index (χ3n) is 22.1. The van der Waals surface area contributed by atoms with E-state index in [0.717, 1.165) is 103 Å². The fourth-order valence-electron chi connectivity index (χ4n) is 15.1. The third kappa shape index (κ3) is 24.6. The Morgan fingerprint density at radius 3 is 0.682 bits per heavy atom. The van der Waals surface area contributed by atoms with Crippen molar-refractivity contribution in [2.75, 3.05) is 52.9 Å². The van der Waals surface area contributed by atoms with Crippen LogP contribution in [-0.2, 0) is 37.9 Å². The summed E-state index contributed by atoms with van der Waals surface area (Å²) in [6.07, 6.45) is 18.6. The Hall–Kier alpha value is -13.9. The van der Waals surface area contributed by atoms with Crippen LogP contribution in [0.3, 0.4) is 0 Å². The quantitative estimate of drug-likeness (QED) is 0.0203. The Kier molecular flexibility index (Phi) is 34.5.